The third kappa shape index (κ3) is 5.42. The summed E-state index contributed by atoms with van der Waals surface area (Å²) in [5, 5.41) is 7.46. The number of carbonyl (C=O) groups excluding carboxylic acids is 1. The summed E-state index contributed by atoms with van der Waals surface area (Å²) in [4.78, 5) is 26.5. The molecule has 27 heavy (non-hydrogen) atoms. The second kappa shape index (κ2) is 8.84. The molecule has 2 heterocycles. The molecule has 1 fully saturated rings. The van der Waals surface area contributed by atoms with Gasteiger partial charge in [0.1, 0.15) is 0 Å². The lowest BCUT2D eigenvalue weighted by atomic mass is 10.0. The normalized spacial score (nSPS) is 15.1. The Morgan fingerprint density at radius 1 is 1.22 bits per heavy atom. The number of anilines is 1. The zero-order chi connectivity index (χ0) is 19.2. The van der Waals surface area contributed by atoms with Crippen molar-refractivity contribution >= 4 is 11.6 Å². The van der Waals surface area contributed by atoms with E-state index in [1.807, 2.05) is 30.3 Å². The lowest BCUT2D eigenvalue weighted by molar-refractivity contribution is -0.122. The van der Waals surface area contributed by atoms with Gasteiger partial charge >= 0.3 is 0 Å². The van der Waals surface area contributed by atoms with Crippen molar-refractivity contribution in [1.82, 2.24) is 15.1 Å². The van der Waals surface area contributed by atoms with E-state index in [0.29, 0.717) is 18.9 Å². The first-order valence-electron chi connectivity index (χ1n) is 9.66. The maximum Gasteiger partial charge on any atom is 0.269 e. The molecule has 2 aromatic rings. The average molecular weight is 368 g/mol. The number of carbonyl (C=O) groups is 1. The van der Waals surface area contributed by atoms with Gasteiger partial charge in [-0.15, -0.1) is 0 Å². The van der Waals surface area contributed by atoms with Gasteiger partial charge in [0, 0.05) is 31.6 Å². The Balaban J connectivity index is 1.56. The molecule has 3 rings (SSSR count). The van der Waals surface area contributed by atoms with Crippen LogP contribution in [-0.4, -0.2) is 34.8 Å². The van der Waals surface area contributed by atoms with Crippen LogP contribution in [0.15, 0.2) is 47.4 Å². The minimum atomic E-state index is -0.0938. The van der Waals surface area contributed by atoms with Gasteiger partial charge in [0.2, 0.25) is 5.91 Å². The number of hydrogen-bond donors (Lipinski definition) is 1. The first kappa shape index (κ1) is 19.1. The summed E-state index contributed by atoms with van der Waals surface area (Å²) in [6.07, 6.45) is 4.11. The van der Waals surface area contributed by atoms with Crippen LogP contribution in [0, 0.1) is 5.92 Å². The molecule has 1 aliphatic rings. The summed E-state index contributed by atoms with van der Waals surface area (Å²) < 4.78 is 1.48. The molecule has 1 aromatic heterocycles. The van der Waals surface area contributed by atoms with Crippen molar-refractivity contribution in [1.29, 1.82) is 0 Å². The molecule has 1 N–H and O–H groups in total. The summed E-state index contributed by atoms with van der Waals surface area (Å²) in [6, 6.07) is 11.7. The van der Waals surface area contributed by atoms with Crippen LogP contribution < -0.4 is 15.8 Å². The summed E-state index contributed by atoms with van der Waals surface area (Å²) >= 11 is 0. The van der Waals surface area contributed by atoms with E-state index < -0.39 is 0 Å². The highest BCUT2D eigenvalue weighted by molar-refractivity contribution is 5.76. The largest absolute Gasteiger partial charge is 0.370 e. The molecule has 144 valence electrons. The SMILES string of the molecule is CC(C)CC(=O)NC1CCN(c2cnn(Cc3ccccc3)c(=O)c2)CC1. The summed E-state index contributed by atoms with van der Waals surface area (Å²) in [7, 11) is 0. The van der Waals surface area contributed by atoms with E-state index in [1.165, 1.54) is 4.68 Å². The van der Waals surface area contributed by atoms with Crippen molar-refractivity contribution in [2.45, 2.75) is 45.7 Å². The maximum absolute atomic E-state index is 12.4. The maximum atomic E-state index is 12.4. The van der Waals surface area contributed by atoms with Crippen LogP contribution in [0.3, 0.4) is 0 Å². The summed E-state index contributed by atoms with van der Waals surface area (Å²) in [5.74, 6) is 0.507. The lowest BCUT2D eigenvalue weighted by Crippen LogP contribution is -2.45. The predicted molar refractivity (Wildman–Crippen MR) is 107 cm³/mol. The smallest absolute Gasteiger partial charge is 0.269 e. The number of hydrogen-bond acceptors (Lipinski definition) is 4. The van der Waals surface area contributed by atoms with Gasteiger partial charge in [-0.1, -0.05) is 44.2 Å². The monoisotopic (exact) mass is 368 g/mol. The minimum absolute atomic E-state index is 0.0938. The Morgan fingerprint density at radius 3 is 2.56 bits per heavy atom. The molecule has 0 aliphatic carbocycles. The molecule has 0 bridgehead atoms. The molecule has 6 heteroatoms. The van der Waals surface area contributed by atoms with Crippen molar-refractivity contribution in [3.63, 3.8) is 0 Å². The van der Waals surface area contributed by atoms with E-state index in [2.05, 4.69) is 29.2 Å². The van der Waals surface area contributed by atoms with E-state index in [0.717, 1.165) is 37.2 Å². The number of rotatable bonds is 6. The van der Waals surface area contributed by atoms with Crippen LogP contribution in [0.5, 0.6) is 0 Å². The molecule has 0 spiro atoms. The number of nitrogens with zero attached hydrogens (tertiary/aromatic N) is 3. The van der Waals surface area contributed by atoms with Crippen molar-refractivity contribution in [3.05, 3.63) is 58.5 Å². The molecule has 0 unspecified atom stereocenters. The molecule has 0 radical (unpaired) electrons. The van der Waals surface area contributed by atoms with Gasteiger partial charge in [0.15, 0.2) is 0 Å². The third-order valence-electron chi connectivity index (χ3n) is 4.85. The van der Waals surface area contributed by atoms with Gasteiger partial charge in [-0.2, -0.15) is 5.10 Å². The third-order valence-corrected chi connectivity index (χ3v) is 4.85. The molecule has 1 aliphatic heterocycles. The second-order valence-electron chi connectivity index (χ2n) is 7.62. The van der Waals surface area contributed by atoms with Gasteiger partial charge in [0.05, 0.1) is 18.4 Å². The first-order chi connectivity index (χ1) is 13.0. The minimum Gasteiger partial charge on any atom is -0.370 e. The summed E-state index contributed by atoms with van der Waals surface area (Å²) in [6.45, 7) is 6.21. The second-order valence-corrected chi connectivity index (χ2v) is 7.62. The molecular weight excluding hydrogens is 340 g/mol. The molecule has 0 atom stereocenters. The van der Waals surface area contributed by atoms with Crippen LogP contribution >= 0.6 is 0 Å². The van der Waals surface area contributed by atoms with Crippen molar-refractivity contribution in [3.8, 4) is 0 Å². The highest BCUT2D eigenvalue weighted by Crippen LogP contribution is 2.18. The van der Waals surface area contributed by atoms with E-state index in [9.17, 15) is 9.59 Å². The predicted octanol–water partition coefficient (Wildman–Crippen LogP) is 2.42. The highest BCUT2D eigenvalue weighted by atomic mass is 16.1. The Bertz CT molecular complexity index is 808. The Labute approximate surface area is 160 Å². The Kier molecular flexibility index (Phi) is 6.27. The Morgan fingerprint density at radius 2 is 1.93 bits per heavy atom. The van der Waals surface area contributed by atoms with E-state index in [4.69, 9.17) is 0 Å². The van der Waals surface area contributed by atoms with Gasteiger partial charge in [-0.25, -0.2) is 4.68 Å². The zero-order valence-corrected chi connectivity index (χ0v) is 16.1. The molecule has 6 nitrogen and oxygen atoms in total. The number of aromatic nitrogens is 2. The van der Waals surface area contributed by atoms with Crippen LogP contribution in [0.1, 0.15) is 38.7 Å². The fraction of sp³-hybridized carbons (Fsp3) is 0.476. The van der Waals surface area contributed by atoms with E-state index >= 15 is 0 Å². The van der Waals surface area contributed by atoms with Crippen LogP contribution in [0.2, 0.25) is 0 Å². The van der Waals surface area contributed by atoms with Gasteiger partial charge in [-0.3, -0.25) is 9.59 Å². The molecule has 1 amide bonds. The van der Waals surface area contributed by atoms with Gasteiger partial charge in [-0.05, 0) is 24.3 Å². The molecular formula is C21H28N4O2. The number of nitrogens with one attached hydrogen (secondary N) is 1. The van der Waals surface area contributed by atoms with Crippen molar-refractivity contribution in [2.75, 3.05) is 18.0 Å². The number of amides is 1. The van der Waals surface area contributed by atoms with Gasteiger partial charge in [0.25, 0.3) is 5.56 Å². The van der Waals surface area contributed by atoms with Crippen LogP contribution in [0.25, 0.3) is 0 Å². The van der Waals surface area contributed by atoms with E-state index in [-0.39, 0.29) is 17.5 Å². The van der Waals surface area contributed by atoms with Crippen molar-refractivity contribution in [2.24, 2.45) is 5.92 Å². The van der Waals surface area contributed by atoms with Crippen molar-refractivity contribution < 1.29 is 4.79 Å². The first-order valence-corrected chi connectivity index (χ1v) is 9.66. The highest BCUT2D eigenvalue weighted by Gasteiger charge is 2.21. The van der Waals surface area contributed by atoms with E-state index in [1.54, 1.807) is 12.3 Å². The number of benzene rings is 1. The number of piperidine rings is 1. The summed E-state index contributed by atoms with van der Waals surface area (Å²) in [5.41, 5.74) is 1.82. The zero-order valence-electron chi connectivity index (χ0n) is 16.1. The quantitative estimate of drug-likeness (QED) is 0.850. The molecule has 1 aromatic carbocycles. The lowest BCUT2D eigenvalue weighted by Gasteiger charge is -2.33. The van der Waals surface area contributed by atoms with Crippen LogP contribution in [0.4, 0.5) is 5.69 Å². The average Bonchev–Trinajstić information content (AvgIpc) is 2.64. The molecule has 0 saturated carbocycles. The van der Waals surface area contributed by atoms with Gasteiger partial charge < -0.3 is 10.2 Å². The van der Waals surface area contributed by atoms with Crippen LogP contribution in [-0.2, 0) is 11.3 Å². The molecule has 1 saturated heterocycles. The standard InChI is InChI=1S/C21H28N4O2/c1-16(2)12-20(26)23-18-8-10-24(11-9-18)19-13-21(27)25(22-14-19)15-17-6-4-3-5-7-17/h3-7,13-14,16,18H,8-12,15H2,1-2H3,(H,23,26). The topological polar surface area (TPSA) is 67.2 Å². The fourth-order valence-corrected chi connectivity index (χ4v) is 3.41. The fourth-order valence-electron chi connectivity index (χ4n) is 3.41. The Hall–Kier alpha value is -2.63.